The number of ether oxygens (including phenoxy) is 5. The van der Waals surface area contributed by atoms with E-state index in [2.05, 4.69) is 0 Å². The van der Waals surface area contributed by atoms with Crippen molar-refractivity contribution in [2.24, 2.45) is 10.8 Å². The Morgan fingerprint density at radius 3 is 1.54 bits per heavy atom. The van der Waals surface area contributed by atoms with Crippen LogP contribution in [0.4, 0.5) is 0 Å². The van der Waals surface area contributed by atoms with Gasteiger partial charge in [-0.3, -0.25) is 13.2 Å². The lowest BCUT2D eigenvalue weighted by atomic mass is 9.66. The van der Waals surface area contributed by atoms with E-state index in [1.54, 1.807) is 58.9 Å². The maximum Gasteiger partial charge on any atom is 0.351 e. The largest absolute Gasteiger partial charge is 0.454 e. The van der Waals surface area contributed by atoms with Crippen LogP contribution in [0.5, 0.6) is 0 Å². The van der Waals surface area contributed by atoms with Gasteiger partial charge < -0.3 is 23.7 Å². The third kappa shape index (κ3) is 4.50. The Morgan fingerprint density at radius 2 is 1.15 bits per heavy atom. The van der Waals surface area contributed by atoms with Crippen LogP contribution in [0.1, 0.15) is 44.7 Å². The normalized spacial score (nSPS) is 37.3. The molecule has 5 unspecified atom stereocenters. The molecule has 0 aromatic heterocycles. The number of hydrogen-bond donors (Lipinski definition) is 0. The molecule has 8 rings (SSSR count). The molecule has 13 nitrogen and oxygen atoms in total. The molecule has 0 N–H and O–H groups in total. The van der Waals surface area contributed by atoms with E-state index in [-0.39, 0.29) is 16.2 Å². The summed E-state index contributed by atoms with van der Waals surface area (Å²) in [4.78, 5) is 26.6. The summed E-state index contributed by atoms with van der Waals surface area (Å²) in [6.07, 6.45) is -7.78. The third-order valence-corrected chi connectivity index (χ3v) is 13.1. The van der Waals surface area contributed by atoms with Gasteiger partial charge in [-0.05, 0) is 57.9 Å². The van der Waals surface area contributed by atoms with Crippen molar-refractivity contribution < 1.29 is 58.5 Å². The van der Waals surface area contributed by atoms with Crippen LogP contribution in [0.25, 0.3) is 0 Å². The summed E-state index contributed by atoms with van der Waals surface area (Å²) in [6, 6.07) is 11.8. The molecule has 15 heteroatoms. The van der Waals surface area contributed by atoms with Crippen molar-refractivity contribution in [3.05, 3.63) is 59.7 Å². The number of aryl methyl sites for hydroxylation is 2. The van der Waals surface area contributed by atoms with Crippen LogP contribution in [-0.4, -0.2) is 77.5 Å². The molecule has 2 aromatic carbocycles. The first-order valence-corrected chi connectivity index (χ1v) is 17.7. The molecule has 2 aromatic rings. The van der Waals surface area contributed by atoms with E-state index < -0.39 is 91.7 Å². The first kappa shape index (κ1) is 31.7. The smallest absolute Gasteiger partial charge is 0.351 e. The molecule has 248 valence electrons. The molecule has 9 atom stereocenters. The minimum atomic E-state index is -4.47. The fraction of sp³-hybridized carbons (Fsp3) is 0.548. The SMILES string of the molecule is Cc1ccc(S(=O)(=O)O[C@@H]2C3OC4O[C@@H]2C(OC(=O)C25CCC(C)(C(=O)O2)C5(C)C)[C@H](O4)[C@@H]3OS(=O)(=O)c2ccc(C)cc2)cc1. The summed E-state index contributed by atoms with van der Waals surface area (Å²) >= 11 is 0. The van der Waals surface area contributed by atoms with E-state index in [0.717, 1.165) is 11.1 Å². The van der Waals surface area contributed by atoms with Crippen molar-refractivity contribution in [3.63, 3.8) is 0 Å². The van der Waals surface area contributed by atoms with Crippen LogP contribution < -0.4 is 0 Å². The molecule has 0 radical (unpaired) electrons. The van der Waals surface area contributed by atoms with Crippen molar-refractivity contribution in [1.29, 1.82) is 0 Å². The highest BCUT2D eigenvalue weighted by Gasteiger charge is 2.77. The summed E-state index contributed by atoms with van der Waals surface area (Å²) < 4.78 is 94.5. The number of esters is 2. The Labute approximate surface area is 266 Å². The van der Waals surface area contributed by atoms with Gasteiger partial charge in [-0.25, -0.2) is 4.79 Å². The van der Waals surface area contributed by atoms with Gasteiger partial charge in [-0.15, -0.1) is 0 Å². The van der Waals surface area contributed by atoms with E-state index in [1.807, 2.05) is 0 Å². The summed E-state index contributed by atoms with van der Waals surface area (Å²) in [6.45, 7) is 7.49. The van der Waals surface area contributed by atoms with Crippen LogP contribution in [-0.2, 0) is 61.9 Å². The van der Waals surface area contributed by atoms with Crippen molar-refractivity contribution >= 4 is 32.2 Å². The van der Waals surface area contributed by atoms with Gasteiger partial charge >= 0.3 is 11.9 Å². The number of carbonyl (C=O) groups is 2. The van der Waals surface area contributed by atoms with Gasteiger partial charge in [0.2, 0.25) is 5.60 Å². The van der Waals surface area contributed by atoms with Gasteiger partial charge in [-0.2, -0.15) is 16.8 Å². The standard InChI is InChI=1S/C31H34O13S2/c1-16-6-10-18(11-7-16)45(34,35)43-24-21-20(38-27(33)31-15-14-30(5,26(32)42-31)29(31,3)4)22-25(23(24)41-28(39-21)40-22)44-46(36,37)19-12-8-17(2)9-13-19/h6-13,20-25,28H,14-15H2,1-5H3/t20?,21-,22+,23?,24-,25-,28?,30?,31?/m0/s1. The Hall–Kier alpha value is -2.92. The Balaban J connectivity index is 1.25. The van der Waals surface area contributed by atoms with Crippen LogP contribution in [0, 0.1) is 24.7 Å². The second-order valence-electron chi connectivity index (χ2n) is 13.3. The van der Waals surface area contributed by atoms with Crippen LogP contribution in [0.3, 0.4) is 0 Å². The van der Waals surface area contributed by atoms with E-state index in [0.29, 0.717) is 6.42 Å². The lowest BCUT2D eigenvalue weighted by Crippen LogP contribution is -2.77. The number of fused-ring (bicyclic) bond motifs is 2. The topological polar surface area (TPSA) is 167 Å². The van der Waals surface area contributed by atoms with Crippen LogP contribution in [0.2, 0.25) is 0 Å². The number of hydrogen-bond acceptors (Lipinski definition) is 13. The lowest BCUT2D eigenvalue weighted by Gasteiger charge is -2.57. The molecular weight excluding hydrogens is 644 g/mol. The molecule has 0 spiro atoms. The van der Waals surface area contributed by atoms with Crippen molar-refractivity contribution in [2.45, 2.75) is 106 Å². The minimum Gasteiger partial charge on any atom is -0.454 e. The number of benzene rings is 2. The van der Waals surface area contributed by atoms with E-state index in [4.69, 9.17) is 32.1 Å². The van der Waals surface area contributed by atoms with Gasteiger partial charge in [0.05, 0.1) is 15.2 Å². The highest BCUT2D eigenvalue weighted by Crippen LogP contribution is 2.66. The second-order valence-corrected chi connectivity index (χ2v) is 16.4. The maximum absolute atomic E-state index is 14.1. The highest BCUT2D eigenvalue weighted by molar-refractivity contribution is 7.87. The van der Waals surface area contributed by atoms with Crippen molar-refractivity contribution in [3.8, 4) is 0 Å². The molecule has 2 saturated carbocycles. The highest BCUT2D eigenvalue weighted by atomic mass is 32.2. The average molecular weight is 679 g/mol. The van der Waals surface area contributed by atoms with Gasteiger partial charge in [0.25, 0.3) is 26.7 Å². The van der Waals surface area contributed by atoms with E-state index in [1.165, 1.54) is 24.3 Å². The monoisotopic (exact) mass is 678 g/mol. The Morgan fingerprint density at radius 1 is 0.717 bits per heavy atom. The summed E-state index contributed by atoms with van der Waals surface area (Å²) in [5.41, 5.74) is -1.90. The molecular formula is C31H34O13S2. The van der Waals surface area contributed by atoms with Gasteiger partial charge in [-0.1, -0.05) is 49.2 Å². The summed E-state index contributed by atoms with van der Waals surface area (Å²) in [5, 5.41) is 0. The second kappa shape index (κ2) is 10.3. The fourth-order valence-electron chi connectivity index (χ4n) is 7.16. The van der Waals surface area contributed by atoms with E-state index in [9.17, 15) is 26.4 Å². The van der Waals surface area contributed by atoms with Gasteiger partial charge in [0, 0.05) is 5.41 Å². The first-order chi connectivity index (χ1) is 21.5. The molecule has 4 heterocycles. The molecule has 4 aliphatic heterocycles. The minimum absolute atomic E-state index is 0.162. The summed E-state index contributed by atoms with van der Waals surface area (Å²) in [7, 11) is -8.95. The molecule has 0 amide bonds. The molecule has 6 bridgehead atoms. The van der Waals surface area contributed by atoms with Crippen molar-refractivity contribution in [1.82, 2.24) is 0 Å². The molecule has 2 aliphatic carbocycles. The van der Waals surface area contributed by atoms with Gasteiger partial charge in [0.15, 0.2) is 6.10 Å². The van der Waals surface area contributed by atoms with Gasteiger partial charge in [0.1, 0.15) is 30.5 Å². The van der Waals surface area contributed by atoms with Crippen LogP contribution >= 0.6 is 0 Å². The zero-order valence-corrected chi connectivity index (χ0v) is 27.3. The first-order valence-electron chi connectivity index (χ1n) is 14.9. The summed E-state index contributed by atoms with van der Waals surface area (Å²) in [5.74, 6) is -1.42. The van der Waals surface area contributed by atoms with Crippen molar-refractivity contribution in [2.75, 3.05) is 0 Å². The number of rotatable bonds is 8. The maximum atomic E-state index is 14.1. The zero-order valence-electron chi connectivity index (χ0n) is 25.7. The van der Waals surface area contributed by atoms with Crippen LogP contribution in [0.15, 0.2) is 58.3 Å². The Kier molecular flexibility index (Phi) is 7.08. The van der Waals surface area contributed by atoms with E-state index >= 15 is 0 Å². The predicted octanol–water partition coefficient (Wildman–Crippen LogP) is 2.67. The fourth-order valence-corrected chi connectivity index (χ4v) is 9.34. The predicted molar refractivity (Wildman–Crippen MR) is 155 cm³/mol. The average Bonchev–Trinajstić information content (AvgIpc) is 3.28. The molecule has 46 heavy (non-hydrogen) atoms. The molecule has 6 aliphatic rings. The molecule has 6 fully saturated rings. The lowest BCUT2D eigenvalue weighted by molar-refractivity contribution is -0.476. The number of carbonyl (C=O) groups excluding carboxylic acids is 2. The quantitative estimate of drug-likeness (QED) is 0.296. The Bertz CT molecular complexity index is 1710. The third-order valence-electron chi connectivity index (χ3n) is 10.5. The molecule has 4 saturated heterocycles. The zero-order chi connectivity index (χ0) is 33.0.